The van der Waals surface area contributed by atoms with E-state index in [0.29, 0.717) is 32.0 Å². The zero-order chi connectivity index (χ0) is 22.0. The summed E-state index contributed by atoms with van der Waals surface area (Å²) in [5, 5.41) is 3.78. The summed E-state index contributed by atoms with van der Waals surface area (Å²) in [7, 11) is 0.427. The fourth-order valence-corrected chi connectivity index (χ4v) is 5.30. The third kappa shape index (κ3) is 4.99. The van der Waals surface area contributed by atoms with E-state index in [4.69, 9.17) is 0 Å². The summed E-state index contributed by atoms with van der Waals surface area (Å²) in [6.45, 7) is 7.39. The summed E-state index contributed by atoms with van der Waals surface area (Å²) in [6.07, 6.45) is 4.38. The molecule has 1 aliphatic carbocycles. The van der Waals surface area contributed by atoms with Crippen molar-refractivity contribution in [2.45, 2.75) is 46.1 Å². The molecular formula is C23H30FN4O2P. The Kier molecular flexibility index (Phi) is 6.73. The summed E-state index contributed by atoms with van der Waals surface area (Å²) in [6, 6.07) is 2.91. The van der Waals surface area contributed by atoms with Gasteiger partial charge in [-0.1, -0.05) is 12.8 Å². The Morgan fingerprint density at radius 3 is 2.52 bits per heavy atom. The molecule has 1 aromatic heterocycles. The molecule has 1 aromatic carbocycles. The molecule has 0 spiro atoms. The predicted molar refractivity (Wildman–Crippen MR) is 121 cm³/mol. The molecule has 8 heteroatoms. The van der Waals surface area contributed by atoms with Crippen molar-refractivity contribution >= 4 is 25.7 Å². The number of carbonyl (C=O) groups is 2. The van der Waals surface area contributed by atoms with Crippen LogP contribution in [0.1, 0.15) is 52.6 Å². The Labute approximate surface area is 184 Å². The van der Waals surface area contributed by atoms with Crippen LogP contribution in [0.5, 0.6) is 0 Å². The van der Waals surface area contributed by atoms with Gasteiger partial charge in [-0.25, -0.2) is 9.37 Å². The summed E-state index contributed by atoms with van der Waals surface area (Å²) >= 11 is 0. The molecule has 2 heterocycles. The maximum absolute atomic E-state index is 14.3. The molecule has 2 amide bonds. The number of hydrogen-bond acceptors (Lipinski definition) is 4. The first-order valence-electron chi connectivity index (χ1n) is 11.0. The number of halogens is 1. The minimum Gasteiger partial charge on any atom is -0.340 e. The van der Waals surface area contributed by atoms with E-state index in [-0.39, 0.29) is 17.6 Å². The number of nitrogens with zero attached hydrogens (tertiary/aromatic N) is 3. The number of amides is 2. The molecule has 2 aromatic rings. The van der Waals surface area contributed by atoms with Crippen LogP contribution >= 0.6 is 8.19 Å². The van der Waals surface area contributed by atoms with Crippen molar-refractivity contribution in [1.29, 1.82) is 0 Å². The molecule has 1 N–H and O–H groups in total. The minimum atomic E-state index is -0.367. The molecule has 2 aliphatic rings. The fraction of sp³-hybridized carbons (Fsp3) is 0.522. The second-order valence-electron chi connectivity index (χ2n) is 8.65. The lowest BCUT2D eigenvalue weighted by molar-refractivity contribution is -0.137. The third-order valence-corrected chi connectivity index (χ3v) is 7.48. The highest BCUT2D eigenvalue weighted by atomic mass is 31.0. The van der Waals surface area contributed by atoms with Crippen molar-refractivity contribution in [3.63, 3.8) is 0 Å². The number of anilines is 1. The van der Waals surface area contributed by atoms with Crippen LogP contribution < -0.4 is 5.32 Å². The number of aryl methyl sites for hydroxylation is 1. The largest absolute Gasteiger partial charge is 0.340 e. The number of hydrogen-bond donors (Lipinski definition) is 1. The van der Waals surface area contributed by atoms with E-state index >= 15 is 0 Å². The van der Waals surface area contributed by atoms with Crippen LogP contribution in [0.2, 0.25) is 0 Å². The second kappa shape index (κ2) is 9.49. The summed E-state index contributed by atoms with van der Waals surface area (Å²) < 4.78 is 14.3. The van der Waals surface area contributed by atoms with Crippen LogP contribution in [0.15, 0.2) is 18.1 Å². The van der Waals surface area contributed by atoms with Gasteiger partial charge in [-0.05, 0) is 55.2 Å². The van der Waals surface area contributed by atoms with E-state index in [1.807, 2.05) is 18.7 Å². The lowest BCUT2D eigenvalue weighted by atomic mass is 10.0. The van der Waals surface area contributed by atoms with Gasteiger partial charge in [0.25, 0.3) is 5.91 Å². The topological polar surface area (TPSA) is 65.5 Å². The molecular weight excluding hydrogens is 414 g/mol. The van der Waals surface area contributed by atoms with Gasteiger partial charge in [0.1, 0.15) is 11.5 Å². The van der Waals surface area contributed by atoms with Crippen molar-refractivity contribution in [1.82, 2.24) is 14.8 Å². The lowest BCUT2D eigenvalue weighted by Gasteiger charge is -2.36. The maximum Gasteiger partial charge on any atom is 0.274 e. The van der Waals surface area contributed by atoms with Gasteiger partial charge in [-0.15, -0.1) is 8.19 Å². The Bertz CT molecular complexity index is 962. The van der Waals surface area contributed by atoms with Crippen LogP contribution in [-0.4, -0.2) is 52.8 Å². The number of benzene rings is 1. The van der Waals surface area contributed by atoms with Crippen LogP contribution in [0.3, 0.4) is 0 Å². The van der Waals surface area contributed by atoms with Crippen molar-refractivity contribution in [2.24, 2.45) is 5.92 Å². The van der Waals surface area contributed by atoms with Gasteiger partial charge in [-0.2, -0.15) is 0 Å². The molecule has 1 saturated heterocycles. The van der Waals surface area contributed by atoms with Crippen molar-refractivity contribution in [3.8, 4) is 0 Å². The van der Waals surface area contributed by atoms with Crippen molar-refractivity contribution in [3.05, 3.63) is 46.0 Å². The van der Waals surface area contributed by atoms with Crippen LogP contribution in [0.4, 0.5) is 10.1 Å². The number of nitrogens with one attached hydrogen (secondary N) is 1. The lowest BCUT2D eigenvalue weighted by Crippen LogP contribution is -2.49. The highest BCUT2D eigenvalue weighted by molar-refractivity contribution is 7.30. The molecule has 2 fully saturated rings. The van der Waals surface area contributed by atoms with Crippen LogP contribution in [0, 0.1) is 25.6 Å². The van der Waals surface area contributed by atoms with Gasteiger partial charge in [0.2, 0.25) is 5.91 Å². The van der Waals surface area contributed by atoms with Crippen molar-refractivity contribution in [2.75, 3.05) is 31.5 Å². The van der Waals surface area contributed by atoms with Gasteiger partial charge in [0, 0.05) is 50.3 Å². The first-order chi connectivity index (χ1) is 14.9. The summed E-state index contributed by atoms with van der Waals surface area (Å²) in [4.78, 5) is 33.6. The maximum atomic E-state index is 14.3. The second-order valence-corrected chi connectivity index (χ2v) is 9.95. The Hall–Kier alpha value is -2.24. The molecule has 6 nitrogen and oxygen atoms in total. The Morgan fingerprint density at radius 2 is 1.87 bits per heavy atom. The molecule has 0 bridgehead atoms. The fourth-order valence-electron chi connectivity index (χ4n) is 4.60. The number of aromatic nitrogens is 1. The van der Waals surface area contributed by atoms with E-state index in [9.17, 15) is 14.0 Å². The van der Waals surface area contributed by atoms with Gasteiger partial charge >= 0.3 is 0 Å². The standard InChI is InChI=1S/C23H30FN4O2P/c1-15-18(11-19(24)12-20(15)26-22(29)21-16(2)31-14-25-21)13-27-7-9-28(10-8-27)23(30)17-5-3-4-6-17/h11-12,14,17,31H,3-10,13H2,1-2H3,(H,26,29). The van der Waals surface area contributed by atoms with Gasteiger partial charge in [0.15, 0.2) is 0 Å². The van der Waals surface area contributed by atoms with E-state index in [1.165, 1.54) is 6.07 Å². The van der Waals surface area contributed by atoms with Gasteiger partial charge in [-0.3, -0.25) is 14.5 Å². The van der Waals surface area contributed by atoms with Crippen molar-refractivity contribution < 1.29 is 14.0 Å². The monoisotopic (exact) mass is 444 g/mol. The van der Waals surface area contributed by atoms with E-state index in [0.717, 1.165) is 68.3 Å². The molecule has 0 radical (unpaired) electrons. The minimum absolute atomic E-state index is 0.215. The van der Waals surface area contributed by atoms with E-state index < -0.39 is 0 Å². The third-order valence-electron chi connectivity index (χ3n) is 6.56. The summed E-state index contributed by atoms with van der Waals surface area (Å²) in [5.41, 5.74) is 2.63. The first kappa shape index (κ1) is 22.0. The van der Waals surface area contributed by atoms with E-state index in [2.05, 4.69) is 15.2 Å². The quantitative estimate of drug-likeness (QED) is 0.758. The van der Waals surface area contributed by atoms with Crippen LogP contribution in [0.25, 0.3) is 0 Å². The Morgan fingerprint density at radius 1 is 1.16 bits per heavy atom. The molecule has 1 unspecified atom stereocenters. The zero-order valence-electron chi connectivity index (χ0n) is 18.2. The molecule has 4 rings (SSSR count). The number of piperazine rings is 1. The average molecular weight is 444 g/mol. The molecule has 1 saturated carbocycles. The average Bonchev–Trinajstić information content (AvgIpc) is 3.43. The summed E-state index contributed by atoms with van der Waals surface area (Å²) in [5.74, 6) is 1.60. The zero-order valence-corrected chi connectivity index (χ0v) is 19.2. The SMILES string of the molecule is Cc1[pH]cnc1C(=O)Nc1cc(F)cc(CN2CCN(C(=O)C3CCCC3)CC2)c1C. The van der Waals surface area contributed by atoms with Gasteiger partial charge in [0.05, 0.1) is 0 Å². The van der Waals surface area contributed by atoms with E-state index in [1.54, 1.807) is 12.0 Å². The number of rotatable bonds is 5. The molecule has 1 aliphatic heterocycles. The highest BCUT2D eigenvalue weighted by Crippen LogP contribution is 2.28. The number of carbonyl (C=O) groups excluding carboxylic acids is 2. The normalized spacial score (nSPS) is 18.1. The molecule has 166 valence electrons. The van der Waals surface area contributed by atoms with Crippen LogP contribution in [-0.2, 0) is 11.3 Å². The molecule has 1 atom stereocenters. The Balaban J connectivity index is 1.39. The first-order valence-corrected chi connectivity index (χ1v) is 12.1. The van der Waals surface area contributed by atoms with Gasteiger partial charge < -0.3 is 10.2 Å². The predicted octanol–water partition coefficient (Wildman–Crippen LogP) is 3.96. The smallest absolute Gasteiger partial charge is 0.274 e. The highest BCUT2D eigenvalue weighted by Gasteiger charge is 2.29. The molecule has 31 heavy (non-hydrogen) atoms.